The smallest absolute Gasteiger partial charge is 0.274 e. The predicted molar refractivity (Wildman–Crippen MR) is 96.5 cm³/mol. The molecule has 3 aromatic heterocycles. The van der Waals surface area contributed by atoms with Crippen LogP contribution in [0.3, 0.4) is 0 Å². The molecule has 0 unspecified atom stereocenters. The Hall–Kier alpha value is -3.08. The fourth-order valence-corrected chi connectivity index (χ4v) is 3.76. The van der Waals surface area contributed by atoms with Gasteiger partial charge < -0.3 is 9.73 Å². The number of nitrogens with zero attached hydrogens (tertiary/aromatic N) is 4. The van der Waals surface area contributed by atoms with Gasteiger partial charge in [-0.2, -0.15) is 10.2 Å². The molecule has 0 radical (unpaired) electrons. The molecule has 27 heavy (non-hydrogen) atoms. The van der Waals surface area contributed by atoms with Gasteiger partial charge in [0.2, 0.25) is 0 Å². The fraction of sp³-hybridized carbons (Fsp3) is 0.312. The molecule has 11 heteroatoms. The molecule has 0 spiro atoms. The van der Waals surface area contributed by atoms with E-state index in [9.17, 15) is 13.2 Å². The van der Waals surface area contributed by atoms with Crippen molar-refractivity contribution in [3.63, 3.8) is 0 Å². The first-order valence-electron chi connectivity index (χ1n) is 8.21. The van der Waals surface area contributed by atoms with Crippen molar-refractivity contribution in [2.24, 2.45) is 7.05 Å². The van der Waals surface area contributed by atoms with Crippen molar-refractivity contribution in [2.45, 2.75) is 31.8 Å². The number of furan rings is 1. The summed E-state index contributed by atoms with van der Waals surface area (Å²) in [6.45, 7) is 4.18. The van der Waals surface area contributed by atoms with Gasteiger partial charge in [0.25, 0.3) is 15.9 Å². The van der Waals surface area contributed by atoms with Crippen molar-refractivity contribution >= 4 is 21.6 Å². The molecule has 0 aliphatic heterocycles. The third-order valence-electron chi connectivity index (χ3n) is 3.81. The summed E-state index contributed by atoms with van der Waals surface area (Å²) in [5, 5.41) is 10.8. The van der Waals surface area contributed by atoms with Gasteiger partial charge in [-0.1, -0.05) is 0 Å². The molecule has 0 aliphatic carbocycles. The van der Waals surface area contributed by atoms with Gasteiger partial charge in [0.15, 0.2) is 5.69 Å². The Morgan fingerprint density at radius 1 is 1.30 bits per heavy atom. The molecule has 10 nitrogen and oxygen atoms in total. The van der Waals surface area contributed by atoms with Crippen molar-refractivity contribution in [1.82, 2.24) is 24.9 Å². The zero-order valence-corrected chi connectivity index (χ0v) is 15.9. The van der Waals surface area contributed by atoms with Gasteiger partial charge in [0.05, 0.1) is 24.2 Å². The van der Waals surface area contributed by atoms with Crippen LogP contribution in [-0.4, -0.2) is 33.9 Å². The van der Waals surface area contributed by atoms with Crippen LogP contribution in [0, 0.1) is 6.92 Å². The van der Waals surface area contributed by atoms with Crippen LogP contribution in [-0.2, 0) is 30.2 Å². The maximum absolute atomic E-state index is 12.7. The molecule has 3 rings (SSSR count). The minimum absolute atomic E-state index is 0.0341. The van der Waals surface area contributed by atoms with Gasteiger partial charge >= 0.3 is 0 Å². The second-order valence-electron chi connectivity index (χ2n) is 5.87. The third kappa shape index (κ3) is 4.03. The number of anilines is 1. The molecule has 3 aromatic rings. The molecule has 0 aliphatic rings. The zero-order chi connectivity index (χ0) is 19.6. The lowest BCUT2D eigenvalue weighted by Crippen LogP contribution is -2.25. The first kappa shape index (κ1) is 18.7. The highest BCUT2D eigenvalue weighted by molar-refractivity contribution is 7.92. The maximum Gasteiger partial charge on any atom is 0.274 e. The van der Waals surface area contributed by atoms with Crippen LogP contribution in [0.5, 0.6) is 0 Å². The SMILES string of the molecule is CCn1cc(S(=O)(=O)Nc2cn(C)nc2C(=O)NCc2ccco2)c(C)n1. The number of carbonyl (C=O) groups is 1. The number of carbonyl (C=O) groups excluding carboxylic acids is 1. The fourth-order valence-electron chi connectivity index (χ4n) is 2.52. The Balaban J connectivity index is 1.82. The standard InChI is InChI=1S/C16H20N6O4S/c1-4-22-10-14(11(2)18-22)27(24,25)20-13-9-21(3)19-15(13)16(23)17-8-12-6-5-7-26-12/h5-7,9-10,20H,4,8H2,1-3H3,(H,17,23). The maximum atomic E-state index is 12.7. The highest BCUT2D eigenvalue weighted by Crippen LogP contribution is 2.21. The zero-order valence-electron chi connectivity index (χ0n) is 15.1. The van der Waals surface area contributed by atoms with Crippen LogP contribution in [0.15, 0.2) is 40.1 Å². The van der Waals surface area contributed by atoms with Crippen LogP contribution in [0.25, 0.3) is 0 Å². The van der Waals surface area contributed by atoms with Gasteiger partial charge in [0.1, 0.15) is 10.7 Å². The lowest BCUT2D eigenvalue weighted by molar-refractivity contribution is 0.0943. The Morgan fingerprint density at radius 3 is 2.70 bits per heavy atom. The molecule has 1 amide bonds. The molecular weight excluding hydrogens is 372 g/mol. The summed E-state index contributed by atoms with van der Waals surface area (Å²) in [5.41, 5.74) is 0.420. The number of hydrogen-bond acceptors (Lipinski definition) is 6. The van der Waals surface area contributed by atoms with Gasteiger partial charge in [-0.25, -0.2) is 8.42 Å². The Bertz CT molecular complexity index is 1050. The first-order chi connectivity index (χ1) is 12.8. The highest BCUT2D eigenvalue weighted by Gasteiger charge is 2.25. The van der Waals surface area contributed by atoms with Gasteiger partial charge in [-0.05, 0) is 26.0 Å². The Morgan fingerprint density at radius 2 is 2.07 bits per heavy atom. The average molecular weight is 392 g/mol. The summed E-state index contributed by atoms with van der Waals surface area (Å²) in [5.74, 6) is 0.0506. The van der Waals surface area contributed by atoms with E-state index in [1.54, 1.807) is 26.1 Å². The molecule has 0 atom stereocenters. The number of aromatic nitrogens is 4. The largest absolute Gasteiger partial charge is 0.467 e. The van der Waals surface area contributed by atoms with E-state index in [2.05, 4.69) is 20.2 Å². The number of aryl methyl sites for hydroxylation is 3. The van der Waals surface area contributed by atoms with E-state index >= 15 is 0 Å². The first-order valence-corrected chi connectivity index (χ1v) is 9.69. The predicted octanol–water partition coefficient (Wildman–Crippen LogP) is 1.27. The minimum atomic E-state index is -3.92. The quantitative estimate of drug-likeness (QED) is 0.624. The molecule has 2 N–H and O–H groups in total. The van der Waals surface area contributed by atoms with Crippen molar-refractivity contribution in [1.29, 1.82) is 0 Å². The second-order valence-corrected chi connectivity index (χ2v) is 7.52. The Kier molecular flexibility index (Phi) is 5.04. The highest BCUT2D eigenvalue weighted by atomic mass is 32.2. The molecule has 144 valence electrons. The minimum Gasteiger partial charge on any atom is -0.467 e. The van der Waals surface area contributed by atoms with E-state index in [1.165, 1.54) is 28.0 Å². The summed E-state index contributed by atoms with van der Waals surface area (Å²) in [6.07, 6.45) is 4.38. The lowest BCUT2D eigenvalue weighted by atomic mass is 10.3. The number of nitrogens with one attached hydrogen (secondary N) is 2. The van der Waals surface area contributed by atoms with E-state index in [-0.39, 0.29) is 22.8 Å². The van der Waals surface area contributed by atoms with Gasteiger partial charge in [-0.3, -0.25) is 18.9 Å². The van der Waals surface area contributed by atoms with E-state index in [0.29, 0.717) is 18.0 Å². The monoisotopic (exact) mass is 392 g/mol. The summed E-state index contributed by atoms with van der Waals surface area (Å²) < 4.78 is 35.9. The molecule has 0 aromatic carbocycles. The van der Waals surface area contributed by atoms with Crippen molar-refractivity contribution in [3.8, 4) is 0 Å². The van der Waals surface area contributed by atoms with Gasteiger partial charge in [0, 0.05) is 26.0 Å². The number of sulfonamides is 1. The van der Waals surface area contributed by atoms with Crippen LogP contribution >= 0.6 is 0 Å². The summed E-state index contributed by atoms with van der Waals surface area (Å²) in [7, 11) is -2.32. The molecule has 0 bridgehead atoms. The van der Waals surface area contributed by atoms with Crippen molar-refractivity contribution in [3.05, 3.63) is 47.9 Å². The van der Waals surface area contributed by atoms with Crippen molar-refractivity contribution < 1.29 is 17.6 Å². The van der Waals surface area contributed by atoms with Crippen LogP contribution in [0.2, 0.25) is 0 Å². The van der Waals surface area contributed by atoms with Crippen LogP contribution in [0.4, 0.5) is 5.69 Å². The third-order valence-corrected chi connectivity index (χ3v) is 5.27. The topological polar surface area (TPSA) is 124 Å². The van der Waals surface area contributed by atoms with E-state index < -0.39 is 15.9 Å². The average Bonchev–Trinajstić information content (AvgIpc) is 3.32. The summed E-state index contributed by atoms with van der Waals surface area (Å²) >= 11 is 0. The van der Waals surface area contributed by atoms with E-state index in [0.717, 1.165) is 0 Å². The second kappa shape index (κ2) is 7.27. The Labute approximate surface area is 156 Å². The number of hydrogen-bond donors (Lipinski definition) is 2. The van der Waals surface area contributed by atoms with Gasteiger partial charge in [-0.15, -0.1) is 0 Å². The van der Waals surface area contributed by atoms with E-state index in [1.807, 2.05) is 6.92 Å². The normalized spacial score (nSPS) is 11.5. The van der Waals surface area contributed by atoms with E-state index in [4.69, 9.17) is 4.42 Å². The molecule has 3 heterocycles. The number of rotatable bonds is 7. The van der Waals surface area contributed by atoms with Crippen LogP contribution in [0.1, 0.15) is 28.9 Å². The number of amides is 1. The summed E-state index contributed by atoms with van der Waals surface area (Å²) in [4.78, 5) is 12.5. The molecule has 0 saturated carbocycles. The summed E-state index contributed by atoms with van der Waals surface area (Å²) in [6, 6.07) is 3.43. The van der Waals surface area contributed by atoms with Crippen LogP contribution < -0.4 is 10.0 Å². The molecular formula is C16H20N6O4S. The lowest BCUT2D eigenvalue weighted by Gasteiger charge is -2.07. The molecule has 0 fully saturated rings. The molecule has 0 saturated heterocycles. The van der Waals surface area contributed by atoms with Crippen molar-refractivity contribution in [2.75, 3.05) is 4.72 Å².